The van der Waals surface area contributed by atoms with Gasteiger partial charge in [0.2, 0.25) is 0 Å². The van der Waals surface area contributed by atoms with E-state index in [4.69, 9.17) is 5.26 Å². The van der Waals surface area contributed by atoms with Crippen molar-refractivity contribution in [3.63, 3.8) is 0 Å². The molecule has 0 heterocycles. The van der Waals surface area contributed by atoms with Crippen LogP contribution in [0.1, 0.15) is 40.0 Å². The Balaban J connectivity index is 2.23. The summed E-state index contributed by atoms with van der Waals surface area (Å²) in [5.74, 6) is 0.679. The van der Waals surface area contributed by atoms with Crippen LogP contribution >= 0.6 is 0 Å². The monoisotopic (exact) mass is 180 g/mol. The standard InChI is InChI=1S/C11H20N2/c1-9(2)10(3)13-8-11(4-5-11)6-7-12/h9-10,13H,4-6,8H2,1-3H3. The van der Waals surface area contributed by atoms with Crippen molar-refractivity contribution in [2.24, 2.45) is 11.3 Å². The van der Waals surface area contributed by atoms with Gasteiger partial charge in [-0.3, -0.25) is 0 Å². The minimum atomic E-state index is 0.345. The van der Waals surface area contributed by atoms with Crippen LogP contribution in [0.15, 0.2) is 0 Å². The van der Waals surface area contributed by atoms with Crippen LogP contribution in [0.4, 0.5) is 0 Å². The predicted molar refractivity (Wildman–Crippen MR) is 54.2 cm³/mol. The van der Waals surface area contributed by atoms with Gasteiger partial charge < -0.3 is 5.32 Å². The van der Waals surface area contributed by atoms with E-state index in [0.29, 0.717) is 17.4 Å². The van der Waals surface area contributed by atoms with Crippen molar-refractivity contribution in [1.82, 2.24) is 5.32 Å². The van der Waals surface area contributed by atoms with Gasteiger partial charge in [0.05, 0.1) is 6.07 Å². The molecule has 0 aromatic carbocycles. The van der Waals surface area contributed by atoms with E-state index in [1.807, 2.05) is 0 Å². The first-order valence-electron chi connectivity index (χ1n) is 5.20. The third-order valence-corrected chi connectivity index (χ3v) is 3.21. The summed E-state index contributed by atoms with van der Waals surface area (Å²) in [5, 5.41) is 12.2. The van der Waals surface area contributed by atoms with Gasteiger partial charge in [-0.2, -0.15) is 5.26 Å². The maximum absolute atomic E-state index is 8.64. The van der Waals surface area contributed by atoms with Gasteiger partial charge in [0.15, 0.2) is 0 Å². The van der Waals surface area contributed by atoms with Crippen molar-refractivity contribution >= 4 is 0 Å². The fourth-order valence-corrected chi connectivity index (χ4v) is 1.37. The van der Waals surface area contributed by atoms with Crippen LogP contribution < -0.4 is 5.32 Å². The molecule has 2 heteroatoms. The quantitative estimate of drug-likeness (QED) is 0.704. The number of hydrogen-bond acceptors (Lipinski definition) is 2. The largest absolute Gasteiger partial charge is 0.313 e. The van der Waals surface area contributed by atoms with E-state index in [-0.39, 0.29) is 0 Å². The highest BCUT2D eigenvalue weighted by Gasteiger charge is 2.42. The van der Waals surface area contributed by atoms with Crippen molar-refractivity contribution in [3.05, 3.63) is 0 Å². The first-order chi connectivity index (χ1) is 6.09. The lowest BCUT2D eigenvalue weighted by atomic mass is 10.0. The molecule has 1 aliphatic carbocycles. The molecular weight excluding hydrogens is 160 g/mol. The van der Waals surface area contributed by atoms with Crippen molar-refractivity contribution < 1.29 is 0 Å². The highest BCUT2D eigenvalue weighted by atomic mass is 14.9. The average Bonchev–Trinajstić information content (AvgIpc) is 2.82. The van der Waals surface area contributed by atoms with E-state index in [9.17, 15) is 0 Å². The lowest BCUT2D eigenvalue weighted by Crippen LogP contribution is -2.35. The van der Waals surface area contributed by atoms with Crippen molar-refractivity contribution in [2.45, 2.75) is 46.1 Å². The molecule has 0 aromatic heterocycles. The Morgan fingerprint density at radius 2 is 2.00 bits per heavy atom. The summed E-state index contributed by atoms with van der Waals surface area (Å²) >= 11 is 0. The summed E-state index contributed by atoms with van der Waals surface area (Å²) in [7, 11) is 0. The van der Waals surface area contributed by atoms with Gasteiger partial charge in [0.1, 0.15) is 0 Å². The molecule has 0 radical (unpaired) electrons. The molecule has 0 spiro atoms. The number of nitriles is 1. The van der Waals surface area contributed by atoms with Gasteiger partial charge in [0.25, 0.3) is 0 Å². The predicted octanol–water partition coefficient (Wildman–Crippen LogP) is 2.31. The van der Waals surface area contributed by atoms with E-state index in [1.54, 1.807) is 0 Å². The summed E-state index contributed by atoms with van der Waals surface area (Å²) in [6.45, 7) is 7.69. The van der Waals surface area contributed by atoms with Crippen LogP contribution in [-0.2, 0) is 0 Å². The van der Waals surface area contributed by atoms with Gasteiger partial charge >= 0.3 is 0 Å². The summed E-state index contributed by atoms with van der Waals surface area (Å²) in [5.41, 5.74) is 0.345. The van der Waals surface area contributed by atoms with Gasteiger partial charge in [-0.25, -0.2) is 0 Å². The van der Waals surface area contributed by atoms with E-state index in [1.165, 1.54) is 12.8 Å². The third kappa shape index (κ3) is 3.00. The van der Waals surface area contributed by atoms with Crippen LogP contribution in [0.25, 0.3) is 0 Å². The van der Waals surface area contributed by atoms with Crippen LogP contribution in [0.5, 0.6) is 0 Å². The van der Waals surface area contributed by atoms with E-state index in [0.717, 1.165) is 13.0 Å². The Morgan fingerprint density at radius 3 is 2.38 bits per heavy atom. The Bertz CT molecular complexity index is 199. The van der Waals surface area contributed by atoms with E-state index in [2.05, 4.69) is 32.2 Å². The van der Waals surface area contributed by atoms with Crippen LogP contribution in [0.3, 0.4) is 0 Å². The Kier molecular flexibility index (Phi) is 3.33. The fourth-order valence-electron chi connectivity index (χ4n) is 1.37. The number of nitrogens with zero attached hydrogens (tertiary/aromatic N) is 1. The van der Waals surface area contributed by atoms with Crippen molar-refractivity contribution in [1.29, 1.82) is 5.26 Å². The summed E-state index contributed by atoms with van der Waals surface area (Å²) < 4.78 is 0. The minimum Gasteiger partial charge on any atom is -0.313 e. The zero-order valence-corrected chi connectivity index (χ0v) is 8.93. The van der Waals surface area contributed by atoms with Gasteiger partial charge in [-0.1, -0.05) is 13.8 Å². The highest BCUT2D eigenvalue weighted by molar-refractivity contribution is 5.00. The first kappa shape index (κ1) is 10.5. The minimum absolute atomic E-state index is 0.345. The lowest BCUT2D eigenvalue weighted by molar-refractivity contribution is 0.372. The molecule has 0 aliphatic heterocycles. The molecule has 74 valence electrons. The molecule has 1 atom stereocenters. The molecule has 0 saturated heterocycles. The average molecular weight is 180 g/mol. The maximum Gasteiger partial charge on any atom is 0.0628 e. The number of hydrogen-bond donors (Lipinski definition) is 1. The maximum atomic E-state index is 8.64. The topological polar surface area (TPSA) is 35.8 Å². The molecule has 1 saturated carbocycles. The summed E-state index contributed by atoms with van der Waals surface area (Å²) in [4.78, 5) is 0. The molecule has 1 unspecified atom stereocenters. The normalized spacial score (nSPS) is 21.2. The number of nitrogens with one attached hydrogen (secondary N) is 1. The second kappa shape index (κ2) is 4.11. The fraction of sp³-hybridized carbons (Fsp3) is 0.909. The van der Waals surface area contributed by atoms with Crippen LogP contribution in [-0.4, -0.2) is 12.6 Å². The highest BCUT2D eigenvalue weighted by Crippen LogP contribution is 2.47. The molecular formula is C11H20N2. The van der Waals surface area contributed by atoms with Crippen LogP contribution in [0, 0.1) is 22.7 Å². The van der Waals surface area contributed by atoms with Gasteiger partial charge in [0, 0.05) is 19.0 Å². The summed E-state index contributed by atoms with van der Waals surface area (Å²) in [6.07, 6.45) is 3.20. The molecule has 1 N–H and O–H groups in total. The Hall–Kier alpha value is -0.550. The smallest absolute Gasteiger partial charge is 0.0628 e. The van der Waals surface area contributed by atoms with Gasteiger partial charge in [-0.15, -0.1) is 0 Å². The second-order valence-electron chi connectivity index (χ2n) is 4.75. The Labute approximate surface area is 81.3 Å². The zero-order valence-electron chi connectivity index (χ0n) is 8.93. The first-order valence-corrected chi connectivity index (χ1v) is 5.20. The van der Waals surface area contributed by atoms with E-state index >= 15 is 0 Å². The van der Waals surface area contributed by atoms with Crippen molar-refractivity contribution in [3.8, 4) is 6.07 Å². The molecule has 0 amide bonds. The van der Waals surface area contributed by atoms with E-state index < -0.39 is 0 Å². The second-order valence-corrected chi connectivity index (χ2v) is 4.75. The lowest BCUT2D eigenvalue weighted by Gasteiger charge is -2.20. The molecule has 0 bridgehead atoms. The molecule has 0 aromatic rings. The molecule has 1 rings (SSSR count). The third-order valence-electron chi connectivity index (χ3n) is 3.21. The van der Waals surface area contributed by atoms with Crippen LogP contribution in [0.2, 0.25) is 0 Å². The Morgan fingerprint density at radius 1 is 1.38 bits per heavy atom. The number of rotatable bonds is 5. The molecule has 1 fully saturated rings. The van der Waals surface area contributed by atoms with Crippen molar-refractivity contribution in [2.75, 3.05) is 6.54 Å². The molecule has 2 nitrogen and oxygen atoms in total. The SMILES string of the molecule is CC(C)C(C)NCC1(CC#N)CC1. The zero-order chi connectivity index (χ0) is 9.90. The van der Waals surface area contributed by atoms with Gasteiger partial charge in [-0.05, 0) is 31.1 Å². The summed E-state index contributed by atoms with van der Waals surface area (Å²) in [6, 6.07) is 2.85. The molecule has 13 heavy (non-hydrogen) atoms. The molecule has 1 aliphatic rings.